The van der Waals surface area contributed by atoms with Gasteiger partial charge in [-0.05, 0) is 113 Å². The second-order valence-corrected chi connectivity index (χ2v) is 19.8. The van der Waals surface area contributed by atoms with E-state index in [-0.39, 0.29) is 54.9 Å². The number of aliphatic hydroxyl groups is 4. The molecule has 65 heavy (non-hydrogen) atoms. The molecule has 0 aromatic heterocycles. The molecule has 14 nitrogen and oxygen atoms in total. The van der Waals surface area contributed by atoms with Gasteiger partial charge in [0.2, 0.25) is 5.79 Å². The zero-order valence-corrected chi connectivity index (χ0v) is 40.7. The van der Waals surface area contributed by atoms with Crippen molar-refractivity contribution in [3.63, 3.8) is 0 Å². The molecule has 4 N–H and O–H groups in total. The van der Waals surface area contributed by atoms with Gasteiger partial charge in [-0.3, -0.25) is 14.4 Å². The van der Waals surface area contributed by atoms with Crippen LogP contribution in [0.5, 0.6) is 0 Å². The van der Waals surface area contributed by atoms with Crippen LogP contribution in [-0.4, -0.2) is 137 Å². The smallest absolute Gasteiger partial charge is 0.329 e. The predicted octanol–water partition coefficient (Wildman–Crippen LogP) is 5.97. The molecular formula is C51H81NO13. The van der Waals surface area contributed by atoms with Gasteiger partial charge in [-0.15, -0.1) is 0 Å². The lowest BCUT2D eigenvalue weighted by atomic mass is 9.78. The number of cyclic esters (lactones) is 1. The summed E-state index contributed by atoms with van der Waals surface area (Å²) in [7, 11) is 4.60. The topological polar surface area (TPSA) is 199 Å². The van der Waals surface area contributed by atoms with Crippen LogP contribution in [0.2, 0.25) is 0 Å². The number of esters is 1. The molecule has 3 fully saturated rings. The van der Waals surface area contributed by atoms with Crippen LogP contribution in [0.25, 0.3) is 0 Å². The highest BCUT2D eigenvalue weighted by molar-refractivity contribution is 6.39. The maximum atomic E-state index is 14.4. The molecule has 368 valence electrons. The van der Waals surface area contributed by atoms with Crippen LogP contribution < -0.4 is 0 Å². The van der Waals surface area contributed by atoms with Gasteiger partial charge in [0.25, 0.3) is 11.7 Å². The Balaban J connectivity index is 1.70. The summed E-state index contributed by atoms with van der Waals surface area (Å²) in [6, 6.07) is -1.13. The van der Waals surface area contributed by atoms with Crippen LogP contribution in [0.15, 0.2) is 47.6 Å². The third-order valence-corrected chi connectivity index (χ3v) is 14.7. The van der Waals surface area contributed by atoms with E-state index in [0.29, 0.717) is 63.4 Å². The van der Waals surface area contributed by atoms with Crippen LogP contribution in [-0.2, 0) is 42.9 Å². The molecule has 2 bridgehead atoms. The average molecular weight is 916 g/mol. The van der Waals surface area contributed by atoms with Gasteiger partial charge in [0.15, 0.2) is 5.78 Å². The first-order chi connectivity index (χ1) is 30.7. The third kappa shape index (κ3) is 14.5. The van der Waals surface area contributed by atoms with E-state index in [1.165, 1.54) is 12.0 Å². The van der Waals surface area contributed by atoms with E-state index in [0.717, 1.165) is 12.0 Å². The van der Waals surface area contributed by atoms with Crippen molar-refractivity contribution in [1.82, 2.24) is 4.90 Å². The van der Waals surface area contributed by atoms with Crippen LogP contribution in [0.1, 0.15) is 126 Å². The molecule has 3 aliphatic heterocycles. The van der Waals surface area contributed by atoms with Crippen molar-refractivity contribution in [3.05, 3.63) is 47.6 Å². The molecule has 4 aliphatic rings. The summed E-state index contributed by atoms with van der Waals surface area (Å²) in [5, 5.41) is 45.4. The van der Waals surface area contributed by atoms with Gasteiger partial charge in [0.1, 0.15) is 18.2 Å². The minimum Gasteiger partial charge on any atom is -0.460 e. The number of hydrogen-bond acceptors (Lipinski definition) is 13. The first-order valence-corrected chi connectivity index (χ1v) is 24.1. The molecule has 1 aliphatic carbocycles. The Morgan fingerprint density at radius 2 is 1.57 bits per heavy atom. The molecule has 0 aromatic rings. The second kappa shape index (κ2) is 25.3. The van der Waals surface area contributed by atoms with Gasteiger partial charge in [0.05, 0.1) is 36.6 Å². The van der Waals surface area contributed by atoms with Crippen molar-refractivity contribution in [3.8, 4) is 0 Å². The Morgan fingerprint density at radius 3 is 2.25 bits per heavy atom. The lowest BCUT2D eigenvalue weighted by Crippen LogP contribution is -2.61. The van der Waals surface area contributed by atoms with Crippen molar-refractivity contribution < 1.29 is 63.3 Å². The molecule has 1 saturated carbocycles. The third-order valence-electron chi connectivity index (χ3n) is 14.7. The summed E-state index contributed by atoms with van der Waals surface area (Å²) >= 11 is 0. The number of fused-ring (bicyclic) bond motifs is 3. The maximum Gasteiger partial charge on any atom is 0.329 e. The van der Waals surface area contributed by atoms with Gasteiger partial charge in [-0.1, -0.05) is 71.1 Å². The lowest BCUT2D eigenvalue weighted by Gasteiger charge is -2.42. The Labute approximate surface area is 387 Å². The number of carbonyl (C=O) groups is 4. The highest BCUT2D eigenvalue weighted by Gasteiger charge is 2.53. The fraction of sp³-hybridized carbons (Fsp3) is 0.765. The Bertz CT molecular complexity index is 1710. The van der Waals surface area contributed by atoms with E-state index in [1.807, 2.05) is 58.1 Å². The zero-order valence-electron chi connectivity index (χ0n) is 40.7. The molecule has 3 unspecified atom stereocenters. The van der Waals surface area contributed by atoms with Gasteiger partial charge in [-0.25, -0.2) is 4.79 Å². The Morgan fingerprint density at radius 1 is 0.846 bits per heavy atom. The summed E-state index contributed by atoms with van der Waals surface area (Å²) in [5.74, 6) is -7.30. The van der Waals surface area contributed by atoms with Crippen LogP contribution in [0.3, 0.4) is 0 Å². The molecule has 2 saturated heterocycles. The quantitative estimate of drug-likeness (QED) is 0.180. The van der Waals surface area contributed by atoms with Crippen molar-refractivity contribution in [2.45, 2.75) is 186 Å². The van der Waals surface area contributed by atoms with Crippen LogP contribution in [0, 0.1) is 35.5 Å². The molecule has 1 amide bonds. The molecule has 4 rings (SSSR count). The molecular weight excluding hydrogens is 835 g/mol. The number of Topliss-reactive ketones (excluding diaryl/α,β-unsaturated/α-hetero) is 2. The van der Waals surface area contributed by atoms with Gasteiger partial charge in [-0.2, -0.15) is 0 Å². The number of hydrogen-bond donors (Lipinski definition) is 4. The molecule has 14 heteroatoms. The average Bonchev–Trinajstić information content (AvgIpc) is 3.28. The number of allylic oxidation sites excluding steroid dienone is 6. The Hall–Kier alpha value is -3.08. The van der Waals surface area contributed by atoms with E-state index in [2.05, 4.69) is 0 Å². The SMILES string of the molecule is COC1C[C@@H]2CC[C@@H](C)[C@@](O)(O2)C(=O)C(=O)N2CCCC[C@H]2C(=O)O[C@H]([C@H](C)C[C@@H]2CC[C@@H](O)[C@H](OC)C2)CC(=O)/C(C)=C/C(C)C(O)[C@@H](OC)[C@@H](O)[C@H](C)C[C@H](C)C=CC=CC=C1C. The summed E-state index contributed by atoms with van der Waals surface area (Å²) in [5.41, 5.74) is 1.23. The van der Waals surface area contributed by atoms with E-state index < -0.39 is 84.1 Å². The number of rotatable bonds is 6. The number of ketones is 2. The fourth-order valence-electron chi connectivity index (χ4n) is 10.3. The lowest BCUT2D eigenvalue weighted by molar-refractivity contribution is -0.265. The van der Waals surface area contributed by atoms with E-state index in [9.17, 15) is 39.6 Å². The predicted molar refractivity (Wildman–Crippen MR) is 246 cm³/mol. The number of methoxy groups -OCH3 is 3. The van der Waals surface area contributed by atoms with E-state index in [4.69, 9.17) is 23.7 Å². The zero-order chi connectivity index (χ0) is 48.2. The standard InChI is InChI=1S/C51H81NO13/c1-30-16-12-11-13-17-31(2)42(61-8)28-38-21-19-36(7)51(60,65-38)48(57)49(58)52-23-15-14-18-39(52)50(59)64-43(33(4)26-37-20-22-40(53)44(27-37)62-9)29-41(54)32(3)25-35(6)46(56)47(63-10)45(55)34(5)24-30/h11-13,16-17,25,30,33-40,42-47,53,55-56,60H,14-15,18-24,26-29H2,1-10H3/b13-11?,16-12?,31-17?,32-25+/t30-,33-,34-,35?,36-,37+,38+,39+,40-,42?,43+,44-,45+,46?,47+,51-/m1/s1. The number of nitrogens with zero attached hydrogens (tertiary/aromatic N) is 1. The number of aliphatic hydroxyl groups excluding tert-OH is 3. The normalized spacial score (nSPS) is 39.8. The summed E-state index contributed by atoms with van der Waals surface area (Å²) in [6.45, 7) is 13.0. The van der Waals surface area contributed by atoms with Gasteiger partial charge in [0, 0.05) is 52.6 Å². The fourth-order valence-corrected chi connectivity index (χ4v) is 10.3. The number of piperidine rings is 1. The number of carbonyl (C=O) groups excluding carboxylic acids is 4. The van der Waals surface area contributed by atoms with Crippen LogP contribution in [0.4, 0.5) is 0 Å². The summed E-state index contributed by atoms with van der Waals surface area (Å²) in [4.78, 5) is 58.1. The maximum absolute atomic E-state index is 14.4. The molecule has 0 spiro atoms. The highest BCUT2D eigenvalue weighted by atomic mass is 16.6. The van der Waals surface area contributed by atoms with Crippen LogP contribution >= 0.6 is 0 Å². The Kier molecular flexibility index (Phi) is 21.3. The van der Waals surface area contributed by atoms with Crippen molar-refractivity contribution in [1.29, 1.82) is 0 Å². The first kappa shape index (κ1) is 54.5. The minimum absolute atomic E-state index is 0.0828. The second-order valence-electron chi connectivity index (χ2n) is 19.8. The summed E-state index contributed by atoms with van der Waals surface area (Å²) < 4.78 is 29.5. The number of ether oxygens (including phenoxy) is 5. The van der Waals surface area contributed by atoms with Crippen molar-refractivity contribution in [2.24, 2.45) is 35.5 Å². The summed E-state index contributed by atoms with van der Waals surface area (Å²) in [6.07, 6.45) is 10.9. The van der Waals surface area contributed by atoms with Gasteiger partial charge >= 0.3 is 5.97 Å². The van der Waals surface area contributed by atoms with E-state index >= 15 is 0 Å². The van der Waals surface area contributed by atoms with E-state index in [1.54, 1.807) is 41.1 Å². The first-order valence-electron chi connectivity index (χ1n) is 24.1. The minimum atomic E-state index is -2.42. The largest absolute Gasteiger partial charge is 0.460 e. The van der Waals surface area contributed by atoms with Gasteiger partial charge < -0.3 is 49.0 Å². The highest BCUT2D eigenvalue weighted by Crippen LogP contribution is 2.38. The molecule has 16 atom stereocenters. The number of amides is 1. The molecule has 0 aromatic carbocycles. The molecule has 0 radical (unpaired) electrons. The monoisotopic (exact) mass is 916 g/mol. The molecule has 3 heterocycles. The van der Waals surface area contributed by atoms with Crippen molar-refractivity contribution in [2.75, 3.05) is 27.9 Å². The van der Waals surface area contributed by atoms with Crippen molar-refractivity contribution >= 4 is 23.4 Å².